The zero-order valence-corrected chi connectivity index (χ0v) is 14.0. The number of nitrogens with zero attached hydrogens (tertiary/aromatic N) is 2. The van der Waals surface area contributed by atoms with Crippen LogP contribution in [0.3, 0.4) is 0 Å². The molecule has 2 atom stereocenters. The van der Waals surface area contributed by atoms with Crippen LogP contribution in [0.15, 0.2) is 30.3 Å². The predicted molar refractivity (Wildman–Crippen MR) is 91.1 cm³/mol. The Kier molecular flexibility index (Phi) is 6.24. The first-order chi connectivity index (χ1) is 10.2. The SMILES string of the molecule is CN(Cc1ccccc1)C(=O)CN1CCC2CNCC2C1.Cl. The van der Waals surface area contributed by atoms with Crippen molar-refractivity contribution in [2.24, 2.45) is 11.8 Å². The molecular weight excluding hydrogens is 298 g/mol. The van der Waals surface area contributed by atoms with Crippen LogP contribution in [-0.2, 0) is 11.3 Å². The Balaban J connectivity index is 0.00000176. The fourth-order valence-corrected chi connectivity index (χ4v) is 3.51. The van der Waals surface area contributed by atoms with E-state index in [4.69, 9.17) is 0 Å². The van der Waals surface area contributed by atoms with Crippen molar-refractivity contribution < 1.29 is 4.79 Å². The second-order valence-electron chi connectivity index (χ2n) is 6.44. The molecule has 2 heterocycles. The number of carbonyl (C=O) groups excluding carboxylic acids is 1. The van der Waals surface area contributed by atoms with Crippen LogP contribution in [0.25, 0.3) is 0 Å². The molecule has 2 saturated heterocycles. The van der Waals surface area contributed by atoms with E-state index in [1.165, 1.54) is 18.5 Å². The van der Waals surface area contributed by atoms with Crippen molar-refractivity contribution in [2.75, 3.05) is 39.8 Å². The van der Waals surface area contributed by atoms with Gasteiger partial charge >= 0.3 is 0 Å². The number of carbonyl (C=O) groups is 1. The number of likely N-dealkylation sites (tertiary alicyclic amines) is 1. The minimum Gasteiger partial charge on any atom is -0.340 e. The molecular formula is C17H26ClN3O. The topological polar surface area (TPSA) is 35.6 Å². The number of amides is 1. The first kappa shape index (κ1) is 17.3. The lowest BCUT2D eigenvalue weighted by atomic mass is 9.89. The molecule has 3 rings (SSSR count). The Morgan fingerprint density at radius 1 is 1.27 bits per heavy atom. The highest BCUT2D eigenvalue weighted by molar-refractivity contribution is 5.85. The van der Waals surface area contributed by atoms with Crippen LogP contribution < -0.4 is 5.32 Å². The lowest BCUT2D eigenvalue weighted by molar-refractivity contribution is -0.132. The largest absolute Gasteiger partial charge is 0.340 e. The molecule has 2 unspecified atom stereocenters. The number of fused-ring (bicyclic) bond motifs is 1. The van der Waals surface area contributed by atoms with Crippen LogP contribution in [0.1, 0.15) is 12.0 Å². The maximum atomic E-state index is 12.4. The summed E-state index contributed by atoms with van der Waals surface area (Å²) >= 11 is 0. The molecule has 1 aromatic rings. The van der Waals surface area contributed by atoms with Gasteiger partial charge < -0.3 is 10.2 Å². The highest BCUT2D eigenvalue weighted by Crippen LogP contribution is 2.26. The highest BCUT2D eigenvalue weighted by atomic mass is 35.5. The molecule has 2 fully saturated rings. The molecule has 0 aromatic heterocycles. The van der Waals surface area contributed by atoms with Crippen molar-refractivity contribution in [3.05, 3.63) is 35.9 Å². The minimum absolute atomic E-state index is 0. The van der Waals surface area contributed by atoms with Crippen molar-refractivity contribution in [1.82, 2.24) is 15.1 Å². The number of piperidine rings is 1. The van der Waals surface area contributed by atoms with Crippen molar-refractivity contribution in [1.29, 1.82) is 0 Å². The van der Waals surface area contributed by atoms with Crippen LogP contribution in [0.4, 0.5) is 0 Å². The molecule has 5 heteroatoms. The zero-order chi connectivity index (χ0) is 14.7. The average Bonchev–Trinajstić information content (AvgIpc) is 2.95. The molecule has 0 aliphatic carbocycles. The number of hydrogen-bond acceptors (Lipinski definition) is 3. The third-order valence-electron chi connectivity index (χ3n) is 4.84. The van der Waals surface area contributed by atoms with E-state index >= 15 is 0 Å². The maximum absolute atomic E-state index is 12.4. The molecule has 0 radical (unpaired) electrons. The van der Waals surface area contributed by atoms with Crippen LogP contribution in [-0.4, -0.2) is 55.5 Å². The summed E-state index contributed by atoms with van der Waals surface area (Å²) in [6.45, 7) is 5.68. The van der Waals surface area contributed by atoms with E-state index in [1.54, 1.807) is 0 Å². The molecule has 1 N–H and O–H groups in total. The Morgan fingerprint density at radius 3 is 2.77 bits per heavy atom. The molecule has 4 nitrogen and oxygen atoms in total. The second kappa shape index (κ2) is 7.95. The molecule has 122 valence electrons. The van der Waals surface area contributed by atoms with Crippen molar-refractivity contribution in [3.63, 3.8) is 0 Å². The van der Waals surface area contributed by atoms with Gasteiger partial charge in [-0.3, -0.25) is 9.69 Å². The number of likely N-dealkylation sites (N-methyl/N-ethyl adjacent to an activating group) is 1. The van der Waals surface area contributed by atoms with Crippen LogP contribution in [0, 0.1) is 11.8 Å². The molecule has 0 saturated carbocycles. The van der Waals surface area contributed by atoms with Crippen LogP contribution >= 0.6 is 12.4 Å². The van der Waals surface area contributed by atoms with E-state index in [9.17, 15) is 4.79 Å². The van der Waals surface area contributed by atoms with Gasteiger partial charge in [0.1, 0.15) is 0 Å². The van der Waals surface area contributed by atoms with E-state index in [-0.39, 0.29) is 18.3 Å². The van der Waals surface area contributed by atoms with Crippen molar-refractivity contribution in [3.8, 4) is 0 Å². The summed E-state index contributed by atoms with van der Waals surface area (Å²) < 4.78 is 0. The molecule has 1 amide bonds. The molecule has 22 heavy (non-hydrogen) atoms. The quantitative estimate of drug-likeness (QED) is 0.914. The van der Waals surface area contributed by atoms with Crippen molar-refractivity contribution in [2.45, 2.75) is 13.0 Å². The van der Waals surface area contributed by atoms with E-state index in [1.807, 2.05) is 30.1 Å². The predicted octanol–water partition coefficient (Wildman–Crippen LogP) is 1.61. The maximum Gasteiger partial charge on any atom is 0.236 e. The summed E-state index contributed by atoms with van der Waals surface area (Å²) in [5.41, 5.74) is 1.19. The Morgan fingerprint density at radius 2 is 2.00 bits per heavy atom. The Hall–Kier alpha value is -1.10. The van der Waals surface area contributed by atoms with Gasteiger partial charge in [-0.2, -0.15) is 0 Å². The van der Waals surface area contributed by atoms with Gasteiger partial charge in [-0.15, -0.1) is 12.4 Å². The molecule has 1 aromatic carbocycles. The number of benzene rings is 1. The molecule has 2 aliphatic rings. The van der Waals surface area contributed by atoms with Gasteiger partial charge in [0.2, 0.25) is 5.91 Å². The Labute approximate surface area is 139 Å². The van der Waals surface area contributed by atoms with Gasteiger partial charge in [-0.05, 0) is 43.5 Å². The number of halogens is 1. The smallest absolute Gasteiger partial charge is 0.236 e. The standard InChI is InChI=1S/C17H25N3O.ClH/c1-19(11-14-5-3-2-4-6-14)17(21)13-20-8-7-15-9-18-10-16(15)12-20;/h2-6,15-16,18H,7-13H2,1H3;1H. The highest BCUT2D eigenvalue weighted by Gasteiger charge is 2.33. The third kappa shape index (κ3) is 4.22. The minimum atomic E-state index is 0. The number of nitrogens with one attached hydrogen (secondary N) is 1. The van der Waals surface area contributed by atoms with E-state index in [2.05, 4.69) is 22.3 Å². The summed E-state index contributed by atoms with van der Waals surface area (Å²) in [5, 5.41) is 3.47. The summed E-state index contributed by atoms with van der Waals surface area (Å²) in [6.07, 6.45) is 1.23. The lowest BCUT2D eigenvalue weighted by Gasteiger charge is -2.34. The zero-order valence-electron chi connectivity index (χ0n) is 13.2. The monoisotopic (exact) mass is 323 g/mol. The molecule has 0 spiro atoms. The summed E-state index contributed by atoms with van der Waals surface area (Å²) in [5.74, 6) is 1.80. The normalized spacial score (nSPS) is 24.4. The van der Waals surface area contributed by atoms with Gasteiger partial charge in [0.15, 0.2) is 0 Å². The fraction of sp³-hybridized carbons (Fsp3) is 0.588. The fourth-order valence-electron chi connectivity index (χ4n) is 3.51. The second-order valence-corrected chi connectivity index (χ2v) is 6.44. The lowest BCUT2D eigenvalue weighted by Crippen LogP contribution is -2.45. The van der Waals surface area contributed by atoms with Gasteiger partial charge in [-0.1, -0.05) is 30.3 Å². The summed E-state index contributed by atoms with van der Waals surface area (Å²) in [7, 11) is 1.90. The van der Waals surface area contributed by atoms with Crippen LogP contribution in [0.2, 0.25) is 0 Å². The van der Waals surface area contributed by atoms with Gasteiger partial charge in [0.25, 0.3) is 0 Å². The van der Waals surface area contributed by atoms with Gasteiger partial charge in [0, 0.05) is 20.1 Å². The summed E-state index contributed by atoms with van der Waals surface area (Å²) in [6, 6.07) is 10.2. The van der Waals surface area contributed by atoms with Gasteiger partial charge in [-0.25, -0.2) is 0 Å². The van der Waals surface area contributed by atoms with Crippen molar-refractivity contribution >= 4 is 18.3 Å². The van der Waals surface area contributed by atoms with E-state index in [0.29, 0.717) is 13.1 Å². The summed E-state index contributed by atoms with van der Waals surface area (Å²) in [4.78, 5) is 16.5. The van der Waals surface area contributed by atoms with E-state index < -0.39 is 0 Å². The molecule has 2 aliphatic heterocycles. The number of rotatable bonds is 4. The first-order valence-corrected chi connectivity index (χ1v) is 7.93. The number of hydrogen-bond donors (Lipinski definition) is 1. The first-order valence-electron chi connectivity index (χ1n) is 7.93. The van der Waals surface area contributed by atoms with Gasteiger partial charge in [0.05, 0.1) is 6.54 Å². The van der Waals surface area contributed by atoms with Crippen LogP contribution in [0.5, 0.6) is 0 Å². The third-order valence-corrected chi connectivity index (χ3v) is 4.84. The van der Waals surface area contributed by atoms with E-state index in [0.717, 1.165) is 31.5 Å². The average molecular weight is 324 g/mol. The molecule has 0 bridgehead atoms. The Bertz CT molecular complexity index is 482.